The molecule has 3 nitrogen and oxygen atoms in total. The van der Waals surface area contributed by atoms with E-state index in [2.05, 4.69) is 5.32 Å². The zero-order chi connectivity index (χ0) is 15.0. The fourth-order valence-corrected chi connectivity index (χ4v) is 1.72. The lowest BCUT2D eigenvalue weighted by molar-refractivity contribution is -0.136. The van der Waals surface area contributed by atoms with Crippen LogP contribution in [0.15, 0.2) is 18.2 Å². The highest BCUT2D eigenvalue weighted by atomic mass is 35.5. The topological polar surface area (TPSA) is 30.5 Å². The number of hydrogen-bond donors (Lipinski definition) is 1. The lowest BCUT2D eigenvalue weighted by Crippen LogP contribution is -2.13. The molecule has 7 heteroatoms. The van der Waals surface area contributed by atoms with Gasteiger partial charge in [-0.2, -0.15) is 13.2 Å². The molecule has 0 aliphatic heterocycles. The zero-order valence-electron chi connectivity index (χ0n) is 11.1. The van der Waals surface area contributed by atoms with Crippen molar-refractivity contribution in [3.63, 3.8) is 0 Å². The maximum atomic E-state index is 12.8. The summed E-state index contributed by atoms with van der Waals surface area (Å²) in [7, 11) is 1.57. The first-order chi connectivity index (χ1) is 9.45. The molecule has 20 heavy (non-hydrogen) atoms. The number of ether oxygens (including phenoxy) is 2. The lowest BCUT2D eigenvalue weighted by atomic mass is 10.1. The number of benzene rings is 1. The Bertz CT molecular complexity index is 413. The van der Waals surface area contributed by atoms with E-state index in [0.29, 0.717) is 32.8 Å². The van der Waals surface area contributed by atoms with Gasteiger partial charge in [-0.25, -0.2) is 0 Å². The molecular formula is C13H17ClF3NO2. The minimum Gasteiger partial charge on any atom is -0.384 e. The van der Waals surface area contributed by atoms with Crippen LogP contribution in [0.25, 0.3) is 0 Å². The third-order valence-electron chi connectivity index (χ3n) is 2.50. The standard InChI is InChI=1S/C13H17ClF3NO2/c1-19-7-8-20-6-2-5-18-12-4-3-10(14)9-11(12)13(15,16)17/h3-4,9,18H,2,5-8H2,1H3. The number of anilines is 1. The molecule has 1 aromatic carbocycles. The number of halogens is 4. The fraction of sp³-hybridized carbons (Fsp3) is 0.538. The molecule has 0 saturated heterocycles. The molecule has 0 aliphatic rings. The van der Waals surface area contributed by atoms with E-state index in [1.807, 2.05) is 0 Å². The molecule has 0 aromatic heterocycles. The zero-order valence-corrected chi connectivity index (χ0v) is 11.9. The highest BCUT2D eigenvalue weighted by Gasteiger charge is 2.33. The van der Waals surface area contributed by atoms with E-state index in [4.69, 9.17) is 21.1 Å². The van der Waals surface area contributed by atoms with Gasteiger partial charge in [0, 0.05) is 31.0 Å². The summed E-state index contributed by atoms with van der Waals surface area (Å²) in [5.74, 6) is 0. The number of rotatable bonds is 8. The second kappa shape index (κ2) is 8.34. The Balaban J connectivity index is 2.44. The van der Waals surface area contributed by atoms with Gasteiger partial charge in [0.15, 0.2) is 0 Å². The number of alkyl halides is 3. The second-order valence-electron chi connectivity index (χ2n) is 4.07. The quantitative estimate of drug-likeness (QED) is 0.740. The van der Waals surface area contributed by atoms with Crippen LogP contribution in [0, 0.1) is 0 Å². The molecule has 0 fully saturated rings. The Morgan fingerprint density at radius 2 is 1.95 bits per heavy atom. The van der Waals surface area contributed by atoms with Crippen LogP contribution in [-0.2, 0) is 15.7 Å². The third kappa shape index (κ3) is 5.98. The van der Waals surface area contributed by atoms with E-state index in [1.165, 1.54) is 12.1 Å². The van der Waals surface area contributed by atoms with Gasteiger partial charge in [0.2, 0.25) is 0 Å². The van der Waals surface area contributed by atoms with Crippen LogP contribution in [0.2, 0.25) is 5.02 Å². The first kappa shape index (κ1) is 17.1. The van der Waals surface area contributed by atoms with Crippen molar-refractivity contribution in [2.24, 2.45) is 0 Å². The summed E-state index contributed by atoms with van der Waals surface area (Å²) in [4.78, 5) is 0. The molecule has 0 atom stereocenters. The second-order valence-corrected chi connectivity index (χ2v) is 4.51. The van der Waals surface area contributed by atoms with Gasteiger partial charge >= 0.3 is 6.18 Å². The summed E-state index contributed by atoms with van der Waals surface area (Å²) in [6.45, 7) is 1.83. The van der Waals surface area contributed by atoms with E-state index in [1.54, 1.807) is 7.11 Å². The van der Waals surface area contributed by atoms with Gasteiger partial charge in [0.05, 0.1) is 18.8 Å². The normalized spacial score (nSPS) is 11.7. The van der Waals surface area contributed by atoms with Gasteiger partial charge in [-0.15, -0.1) is 0 Å². The molecule has 0 radical (unpaired) electrons. The lowest BCUT2D eigenvalue weighted by Gasteiger charge is -2.15. The van der Waals surface area contributed by atoms with E-state index < -0.39 is 11.7 Å². The predicted octanol–water partition coefficient (Wildman–Crippen LogP) is 3.82. The van der Waals surface area contributed by atoms with Crippen molar-refractivity contribution in [1.29, 1.82) is 0 Å². The summed E-state index contributed by atoms with van der Waals surface area (Å²) >= 11 is 5.60. The molecule has 0 heterocycles. The van der Waals surface area contributed by atoms with Crippen LogP contribution in [0.4, 0.5) is 18.9 Å². The smallest absolute Gasteiger partial charge is 0.384 e. The molecule has 114 valence electrons. The van der Waals surface area contributed by atoms with E-state index in [0.717, 1.165) is 6.07 Å². The summed E-state index contributed by atoms with van der Waals surface area (Å²) in [5, 5.41) is 2.81. The molecule has 0 amide bonds. The number of hydrogen-bond acceptors (Lipinski definition) is 3. The van der Waals surface area contributed by atoms with E-state index in [9.17, 15) is 13.2 Å². The SMILES string of the molecule is COCCOCCCNc1ccc(Cl)cc1C(F)(F)F. The third-order valence-corrected chi connectivity index (χ3v) is 2.73. The van der Waals surface area contributed by atoms with Crippen LogP contribution in [0.5, 0.6) is 0 Å². The van der Waals surface area contributed by atoms with Crippen LogP contribution in [0.1, 0.15) is 12.0 Å². The van der Waals surface area contributed by atoms with Crippen LogP contribution < -0.4 is 5.32 Å². The van der Waals surface area contributed by atoms with Crippen LogP contribution in [-0.4, -0.2) is 33.5 Å². The van der Waals surface area contributed by atoms with Crippen molar-refractivity contribution in [2.45, 2.75) is 12.6 Å². The summed E-state index contributed by atoms with van der Waals surface area (Å²) in [5.41, 5.74) is -0.732. The van der Waals surface area contributed by atoms with Gasteiger partial charge in [0.1, 0.15) is 0 Å². The number of methoxy groups -OCH3 is 1. The summed E-state index contributed by atoms with van der Waals surface area (Å²) in [6.07, 6.45) is -3.83. The Morgan fingerprint density at radius 3 is 2.60 bits per heavy atom. The van der Waals surface area contributed by atoms with Crippen molar-refractivity contribution in [1.82, 2.24) is 0 Å². The highest BCUT2D eigenvalue weighted by Crippen LogP contribution is 2.36. The largest absolute Gasteiger partial charge is 0.418 e. The molecule has 0 bridgehead atoms. The predicted molar refractivity (Wildman–Crippen MR) is 72.3 cm³/mol. The Hall–Kier alpha value is -0.980. The van der Waals surface area contributed by atoms with Crippen molar-refractivity contribution in [3.8, 4) is 0 Å². The van der Waals surface area contributed by atoms with Crippen molar-refractivity contribution in [2.75, 3.05) is 38.8 Å². The van der Waals surface area contributed by atoms with Gasteiger partial charge in [-0.05, 0) is 24.6 Å². The molecule has 1 rings (SSSR count). The monoisotopic (exact) mass is 311 g/mol. The van der Waals surface area contributed by atoms with Gasteiger partial charge in [0.25, 0.3) is 0 Å². The van der Waals surface area contributed by atoms with Crippen molar-refractivity contribution >= 4 is 17.3 Å². The molecule has 0 saturated carbocycles. The average molecular weight is 312 g/mol. The maximum Gasteiger partial charge on any atom is 0.418 e. The molecule has 0 aliphatic carbocycles. The van der Waals surface area contributed by atoms with E-state index >= 15 is 0 Å². The highest BCUT2D eigenvalue weighted by molar-refractivity contribution is 6.30. The van der Waals surface area contributed by atoms with Gasteiger partial charge in [-0.3, -0.25) is 0 Å². The fourth-order valence-electron chi connectivity index (χ4n) is 1.55. The first-order valence-corrected chi connectivity index (χ1v) is 6.50. The molecule has 0 unspecified atom stereocenters. The van der Waals surface area contributed by atoms with Crippen LogP contribution >= 0.6 is 11.6 Å². The Labute approximate surface area is 121 Å². The van der Waals surface area contributed by atoms with Gasteiger partial charge in [-0.1, -0.05) is 11.6 Å². The Morgan fingerprint density at radius 1 is 1.20 bits per heavy atom. The minimum atomic E-state index is -4.43. The molecule has 0 spiro atoms. The Kier molecular flexibility index (Phi) is 7.12. The minimum absolute atomic E-state index is 0.0267. The van der Waals surface area contributed by atoms with Crippen LogP contribution in [0.3, 0.4) is 0 Å². The summed E-state index contributed by atoms with van der Waals surface area (Å²) in [6, 6.07) is 3.67. The van der Waals surface area contributed by atoms with Crippen molar-refractivity contribution in [3.05, 3.63) is 28.8 Å². The molecule has 1 N–H and O–H groups in total. The maximum absolute atomic E-state index is 12.8. The van der Waals surface area contributed by atoms with Gasteiger partial charge < -0.3 is 14.8 Å². The molecular weight excluding hydrogens is 295 g/mol. The van der Waals surface area contributed by atoms with E-state index in [-0.39, 0.29) is 10.7 Å². The average Bonchev–Trinajstić information content (AvgIpc) is 2.38. The molecule has 1 aromatic rings. The first-order valence-electron chi connectivity index (χ1n) is 6.12. The van der Waals surface area contributed by atoms with Crippen molar-refractivity contribution < 1.29 is 22.6 Å². The number of nitrogens with one attached hydrogen (secondary N) is 1. The summed E-state index contributed by atoms with van der Waals surface area (Å²) < 4.78 is 48.4.